The minimum atomic E-state index is -0.481. The molecule has 1 atom stereocenters. The fourth-order valence-corrected chi connectivity index (χ4v) is 2.54. The lowest BCUT2D eigenvalue weighted by Crippen LogP contribution is -1.93. The van der Waals surface area contributed by atoms with Crippen molar-refractivity contribution in [2.75, 3.05) is 0 Å². The van der Waals surface area contributed by atoms with Crippen molar-refractivity contribution in [1.82, 2.24) is 4.98 Å². The average Bonchev–Trinajstić information content (AvgIpc) is 2.32. The zero-order valence-corrected chi connectivity index (χ0v) is 10.9. The monoisotopic (exact) mass is 265 g/mol. The van der Waals surface area contributed by atoms with Crippen molar-refractivity contribution in [2.45, 2.75) is 22.9 Å². The van der Waals surface area contributed by atoms with Gasteiger partial charge in [0.25, 0.3) is 0 Å². The van der Waals surface area contributed by atoms with Crippen LogP contribution in [0.15, 0.2) is 52.5 Å². The Balaban J connectivity index is 2.26. The van der Waals surface area contributed by atoms with Crippen molar-refractivity contribution in [1.29, 1.82) is 0 Å². The lowest BCUT2D eigenvalue weighted by atomic mass is 10.1. The summed E-state index contributed by atoms with van der Waals surface area (Å²) in [5.74, 6) is 0. The molecular formula is C13H12ClNOS. The predicted molar refractivity (Wildman–Crippen MR) is 70.4 cm³/mol. The topological polar surface area (TPSA) is 33.1 Å². The average molecular weight is 266 g/mol. The molecule has 0 aliphatic heterocycles. The first-order valence-electron chi connectivity index (χ1n) is 5.23. The lowest BCUT2D eigenvalue weighted by molar-refractivity contribution is 0.196. The second-order valence-electron chi connectivity index (χ2n) is 3.63. The van der Waals surface area contributed by atoms with Gasteiger partial charge in [-0.05, 0) is 30.7 Å². The Morgan fingerprint density at radius 3 is 2.65 bits per heavy atom. The molecule has 0 fully saturated rings. The Labute approximate surface area is 110 Å². The quantitative estimate of drug-likeness (QED) is 0.913. The van der Waals surface area contributed by atoms with Gasteiger partial charge < -0.3 is 5.11 Å². The van der Waals surface area contributed by atoms with Crippen molar-refractivity contribution in [3.8, 4) is 0 Å². The van der Waals surface area contributed by atoms with E-state index in [1.165, 1.54) is 11.8 Å². The summed E-state index contributed by atoms with van der Waals surface area (Å²) in [6.45, 7) is 1.76. The summed E-state index contributed by atoms with van der Waals surface area (Å²) in [4.78, 5) is 5.23. The van der Waals surface area contributed by atoms with Crippen molar-refractivity contribution in [2.24, 2.45) is 0 Å². The number of hydrogen-bond acceptors (Lipinski definition) is 3. The molecule has 88 valence electrons. The number of aliphatic hydroxyl groups excluding tert-OH is 1. The van der Waals surface area contributed by atoms with Gasteiger partial charge in [-0.15, -0.1) is 0 Å². The van der Waals surface area contributed by atoms with E-state index in [1.807, 2.05) is 36.4 Å². The molecule has 0 radical (unpaired) electrons. The zero-order chi connectivity index (χ0) is 12.3. The van der Waals surface area contributed by atoms with Crippen molar-refractivity contribution in [3.05, 3.63) is 53.2 Å². The van der Waals surface area contributed by atoms with Gasteiger partial charge >= 0.3 is 0 Å². The highest BCUT2D eigenvalue weighted by Gasteiger charge is 2.08. The van der Waals surface area contributed by atoms with Gasteiger partial charge in [-0.1, -0.05) is 41.6 Å². The molecule has 1 aromatic heterocycles. The molecule has 0 saturated carbocycles. The van der Waals surface area contributed by atoms with Gasteiger partial charge in [-0.3, -0.25) is 0 Å². The SMILES string of the molecule is CC(O)c1ccccc1Sc1ccc(Cl)cn1. The second kappa shape index (κ2) is 5.54. The molecule has 2 aromatic rings. The third-order valence-corrected chi connectivity index (χ3v) is 3.55. The molecule has 17 heavy (non-hydrogen) atoms. The maximum atomic E-state index is 9.67. The van der Waals surface area contributed by atoms with Crippen LogP contribution in [0.5, 0.6) is 0 Å². The Bertz CT molecular complexity index is 499. The van der Waals surface area contributed by atoms with Gasteiger partial charge in [0.1, 0.15) is 5.03 Å². The van der Waals surface area contributed by atoms with Crippen LogP contribution in [0.2, 0.25) is 5.02 Å². The zero-order valence-electron chi connectivity index (χ0n) is 9.30. The van der Waals surface area contributed by atoms with Gasteiger partial charge in [-0.2, -0.15) is 0 Å². The third kappa shape index (κ3) is 3.22. The maximum Gasteiger partial charge on any atom is 0.101 e. The summed E-state index contributed by atoms with van der Waals surface area (Å²) < 4.78 is 0. The van der Waals surface area contributed by atoms with Crippen LogP contribution in [-0.4, -0.2) is 10.1 Å². The van der Waals surface area contributed by atoms with Crippen LogP contribution in [-0.2, 0) is 0 Å². The summed E-state index contributed by atoms with van der Waals surface area (Å²) in [7, 11) is 0. The van der Waals surface area contributed by atoms with Gasteiger partial charge in [0.05, 0.1) is 11.1 Å². The number of hydrogen-bond donors (Lipinski definition) is 1. The van der Waals surface area contributed by atoms with Crippen molar-refractivity contribution < 1.29 is 5.11 Å². The first-order chi connectivity index (χ1) is 8.16. The highest BCUT2D eigenvalue weighted by Crippen LogP contribution is 2.32. The fraction of sp³-hybridized carbons (Fsp3) is 0.154. The van der Waals surface area contributed by atoms with Gasteiger partial charge in [0.15, 0.2) is 0 Å². The first-order valence-corrected chi connectivity index (χ1v) is 6.42. The van der Waals surface area contributed by atoms with Gasteiger partial charge in [0.2, 0.25) is 0 Å². The van der Waals surface area contributed by atoms with E-state index in [0.29, 0.717) is 5.02 Å². The molecule has 0 aliphatic carbocycles. The van der Waals surface area contributed by atoms with Crippen LogP contribution in [0.1, 0.15) is 18.6 Å². The van der Waals surface area contributed by atoms with E-state index in [-0.39, 0.29) is 0 Å². The molecule has 1 N–H and O–H groups in total. The van der Waals surface area contributed by atoms with E-state index >= 15 is 0 Å². The van der Waals surface area contributed by atoms with Crippen LogP contribution in [0.3, 0.4) is 0 Å². The number of nitrogens with zero attached hydrogens (tertiary/aromatic N) is 1. The first kappa shape index (κ1) is 12.4. The Morgan fingerprint density at radius 2 is 2.00 bits per heavy atom. The Kier molecular flexibility index (Phi) is 4.05. The van der Waals surface area contributed by atoms with E-state index in [1.54, 1.807) is 13.1 Å². The number of aromatic nitrogens is 1. The summed E-state index contributed by atoms with van der Waals surface area (Å²) >= 11 is 7.31. The summed E-state index contributed by atoms with van der Waals surface area (Å²) in [6, 6.07) is 11.4. The normalized spacial score (nSPS) is 12.4. The molecule has 2 rings (SSSR count). The highest BCUT2D eigenvalue weighted by molar-refractivity contribution is 7.99. The number of rotatable bonds is 3. The molecule has 1 unspecified atom stereocenters. The molecule has 0 bridgehead atoms. The van der Waals surface area contributed by atoms with E-state index in [2.05, 4.69) is 4.98 Å². The van der Waals surface area contributed by atoms with Crippen LogP contribution in [0.4, 0.5) is 0 Å². The number of benzene rings is 1. The predicted octanol–water partition coefficient (Wildman–Crippen LogP) is 3.94. The van der Waals surface area contributed by atoms with E-state index in [9.17, 15) is 5.11 Å². The molecule has 1 aromatic carbocycles. The molecule has 0 aliphatic rings. The summed E-state index contributed by atoms with van der Waals surface area (Å²) in [5, 5.41) is 11.2. The maximum absolute atomic E-state index is 9.67. The Morgan fingerprint density at radius 1 is 1.24 bits per heavy atom. The molecule has 4 heteroatoms. The van der Waals surface area contributed by atoms with Crippen molar-refractivity contribution >= 4 is 23.4 Å². The van der Waals surface area contributed by atoms with Gasteiger partial charge in [-0.25, -0.2) is 4.98 Å². The fourth-order valence-electron chi connectivity index (χ4n) is 1.45. The van der Waals surface area contributed by atoms with E-state index in [4.69, 9.17) is 11.6 Å². The van der Waals surface area contributed by atoms with Crippen LogP contribution < -0.4 is 0 Å². The molecule has 2 nitrogen and oxygen atoms in total. The summed E-state index contributed by atoms with van der Waals surface area (Å²) in [6.07, 6.45) is 1.14. The number of aliphatic hydroxyl groups is 1. The highest BCUT2D eigenvalue weighted by atomic mass is 35.5. The molecule has 0 spiro atoms. The second-order valence-corrected chi connectivity index (χ2v) is 5.13. The minimum absolute atomic E-state index is 0.481. The molecule has 0 amide bonds. The molecule has 1 heterocycles. The number of pyridine rings is 1. The standard InChI is InChI=1S/C13H12ClNOS/c1-9(16)11-4-2-3-5-12(11)17-13-7-6-10(14)8-15-13/h2-9,16H,1H3. The number of halogens is 1. The van der Waals surface area contributed by atoms with Crippen LogP contribution >= 0.6 is 23.4 Å². The summed E-state index contributed by atoms with van der Waals surface area (Å²) in [5.41, 5.74) is 0.911. The molecular weight excluding hydrogens is 254 g/mol. The lowest BCUT2D eigenvalue weighted by Gasteiger charge is -2.10. The molecule has 0 saturated heterocycles. The van der Waals surface area contributed by atoms with Crippen LogP contribution in [0, 0.1) is 0 Å². The minimum Gasteiger partial charge on any atom is -0.389 e. The van der Waals surface area contributed by atoms with Gasteiger partial charge in [0, 0.05) is 11.1 Å². The Hall–Kier alpha value is -1.03. The van der Waals surface area contributed by atoms with Crippen molar-refractivity contribution in [3.63, 3.8) is 0 Å². The largest absolute Gasteiger partial charge is 0.389 e. The van der Waals surface area contributed by atoms with E-state index in [0.717, 1.165) is 15.5 Å². The van der Waals surface area contributed by atoms with Crippen LogP contribution in [0.25, 0.3) is 0 Å². The third-order valence-electron chi connectivity index (χ3n) is 2.28. The smallest absolute Gasteiger partial charge is 0.101 e. The van der Waals surface area contributed by atoms with E-state index < -0.39 is 6.10 Å².